The first-order chi connectivity index (χ1) is 6.27. The molecule has 0 N–H and O–H groups in total. The second-order valence-electron chi connectivity index (χ2n) is 3.28. The molecular weight excluding hydrogens is 168 g/mol. The minimum Gasteiger partial charge on any atom is -0.337 e. The minimum absolute atomic E-state index is 0.00519. The van der Waals surface area contributed by atoms with Gasteiger partial charge in [-0.1, -0.05) is 5.21 Å². The average molecular weight is 180 g/mol. The molecule has 0 spiro atoms. The quantitative estimate of drug-likeness (QED) is 0.613. The Morgan fingerprint density at radius 2 is 2.15 bits per heavy atom. The van der Waals surface area contributed by atoms with Gasteiger partial charge in [-0.15, -0.1) is 5.10 Å². The van der Waals surface area contributed by atoms with Crippen LogP contribution in [-0.2, 0) is 7.05 Å². The molecule has 0 radical (unpaired) electrons. The van der Waals surface area contributed by atoms with Crippen molar-refractivity contribution in [3.8, 4) is 0 Å². The lowest BCUT2D eigenvalue weighted by Crippen LogP contribution is -2.27. The molecule has 1 aliphatic heterocycles. The Hall–Kier alpha value is -1.39. The van der Waals surface area contributed by atoms with Crippen molar-refractivity contribution in [1.82, 2.24) is 19.9 Å². The molecule has 1 aromatic heterocycles. The maximum Gasteiger partial charge on any atom is 0.276 e. The molecule has 2 rings (SSSR count). The van der Waals surface area contributed by atoms with Gasteiger partial charge in [-0.2, -0.15) is 0 Å². The molecule has 5 heteroatoms. The van der Waals surface area contributed by atoms with Gasteiger partial charge in [0, 0.05) is 20.1 Å². The molecule has 1 aromatic rings. The number of aromatic nitrogens is 3. The maximum absolute atomic E-state index is 11.7. The van der Waals surface area contributed by atoms with Gasteiger partial charge in [0.05, 0.1) is 6.20 Å². The summed E-state index contributed by atoms with van der Waals surface area (Å²) < 4.78 is 1.54. The van der Waals surface area contributed by atoms with Crippen LogP contribution in [0.1, 0.15) is 23.3 Å². The highest BCUT2D eigenvalue weighted by atomic mass is 16.2. The van der Waals surface area contributed by atoms with Crippen molar-refractivity contribution in [2.75, 3.05) is 13.1 Å². The lowest BCUT2D eigenvalue weighted by atomic mass is 10.4. The molecule has 0 atom stereocenters. The molecule has 1 saturated heterocycles. The predicted octanol–water partition coefficient (Wildman–Crippen LogP) is 0.0511. The van der Waals surface area contributed by atoms with E-state index in [9.17, 15) is 4.79 Å². The normalized spacial score (nSPS) is 16.5. The van der Waals surface area contributed by atoms with Gasteiger partial charge in [-0.05, 0) is 12.8 Å². The summed E-state index contributed by atoms with van der Waals surface area (Å²) in [6.07, 6.45) is 3.86. The van der Waals surface area contributed by atoms with Crippen LogP contribution in [-0.4, -0.2) is 38.9 Å². The zero-order valence-electron chi connectivity index (χ0n) is 7.60. The first-order valence-corrected chi connectivity index (χ1v) is 4.43. The maximum atomic E-state index is 11.7. The summed E-state index contributed by atoms with van der Waals surface area (Å²) in [5, 5.41) is 7.51. The number of rotatable bonds is 1. The van der Waals surface area contributed by atoms with Crippen LogP contribution < -0.4 is 0 Å². The molecule has 70 valence electrons. The molecule has 13 heavy (non-hydrogen) atoms. The van der Waals surface area contributed by atoms with Crippen LogP contribution in [0.4, 0.5) is 0 Å². The highest BCUT2D eigenvalue weighted by molar-refractivity contribution is 5.92. The molecule has 1 aliphatic rings. The highest BCUT2D eigenvalue weighted by Gasteiger charge is 2.21. The van der Waals surface area contributed by atoms with Crippen molar-refractivity contribution in [3.05, 3.63) is 11.9 Å². The van der Waals surface area contributed by atoms with Gasteiger partial charge in [0.2, 0.25) is 0 Å². The fraction of sp³-hybridized carbons (Fsp3) is 0.625. The Morgan fingerprint density at radius 3 is 2.69 bits per heavy atom. The molecule has 0 aromatic carbocycles. The third-order valence-electron chi connectivity index (χ3n) is 2.22. The van der Waals surface area contributed by atoms with Gasteiger partial charge < -0.3 is 4.90 Å². The summed E-state index contributed by atoms with van der Waals surface area (Å²) in [6, 6.07) is 0. The van der Waals surface area contributed by atoms with Crippen LogP contribution in [0, 0.1) is 0 Å². The zero-order chi connectivity index (χ0) is 9.26. The number of hydrogen-bond acceptors (Lipinski definition) is 3. The fourth-order valence-electron chi connectivity index (χ4n) is 1.53. The molecule has 1 fully saturated rings. The van der Waals surface area contributed by atoms with E-state index in [0.717, 1.165) is 25.9 Å². The summed E-state index contributed by atoms with van der Waals surface area (Å²) in [6.45, 7) is 1.71. The summed E-state index contributed by atoms with van der Waals surface area (Å²) >= 11 is 0. The molecule has 0 bridgehead atoms. The summed E-state index contributed by atoms with van der Waals surface area (Å²) in [4.78, 5) is 13.5. The SMILES string of the molecule is Cn1cc(C(=O)N2CCCC2)nn1. The first-order valence-electron chi connectivity index (χ1n) is 4.43. The summed E-state index contributed by atoms with van der Waals surface area (Å²) in [7, 11) is 1.76. The number of aryl methyl sites for hydroxylation is 1. The topological polar surface area (TPSA) is 51.0 Å². The number of likely N-dealkylation sites (tertiary alicyclic amines) is 1. The Labute approximate surface area is 76.3 Å². The zero-order valence-corrected chi connectivity index (χ0v) is 7.60. The van der Waals surface area contributed by atoms with Gasteiger partial charge in [0.25, 0.3) is 5.91 Å². The van der Waals surface area contributed by atoms with Gasteiger partial charge in [-0.25, -0.2) is 0 Å². The Kier molecular flexibility index (Phi) is 2.00. The highest BCUT2D eigenvalue weighted by Crippen LogP contribution is 2.10. The monoisotopic (exact) mass is 180 g/mol. The minimum atomic E-state index is 0.00519. The van der Waals surface area contributed by atoms with E-state index in [1.807, 2.05) is 4.90 Å². The van der Waals surface area contributed by atoms with Gasteiger partial charge in [0.1, 0.15) is 0 Å². The van der Waals surface area contributed by atoms with Crippen molar-refractivity contribution in [3.63, 3.8) is 0 Å². The standard InChI is InChI=1S/C8H12N4O/c1-11-6-7(9-10-11)8(13)12-4-2-3-5-12/h6H,2-5H2,1H3. The summed E-state index contributed by atoms with van der Waals surface area (Å²) in [5.74, 6) is 0.00519. The second-order valence-corrected chi connectivity index (χ2v) is 3.28. The number of nitrogens with zero attached hydrogens (tertiary/aromatic N) is 4. The van der Waals surface area contributed by atoms with E-state index in [1.165, 1.54) is 0 Å². The van der Waals surface area contributed by atoms with E-state index in [-0.39, 0.29) is 5.91 Å². The number of carbonyl (C=O) groups excluding carboxylic acids is 1. The van der Waals surface area contributed by atoms with E-state index >= 15 is 0 Å². The lowest BCUT2D eigenvalue weighted by Gasteiger charge is -2.12. The number of amides is 1. The Morgan fingerprint density at radius 1 is 1.46 bits per heavy atom. The Balaban J connectivity index is 2.12. The second kappa shape index (κ2) is 3.16. The fourth-order valence-corrected chi connectivity index (χ4v) is 1.53. The first kappa shape index (κ1) is 8.22. The van der Waals surface area contributed by atoms with E-state index in [0.29, 0.717) is 5.69 Å². The lowest BCUT2D eigenvalue weighted by molar-refractivity contribution is 0.0787. The smallest absolute Gasteiger partial charge is 0.276 e. The van der Waals surface area contributed by atoms with Gasteiger partial charge in [-0.3, -0.25) is 9.48 Å². The van der Waals surface area contributed by atoms with E-state index in [1.54, 1.807) is 17.9 Å². The molecule has 1 amide bonds. The molecule has 0 saturated carbocycles. The summed E-state index contributed by atoms with van der Waals surface area (Å²) in [5.41, 5.74) is 0.449. The van der Waals surface area contributed by atoms with Crippen LogP contribution in [0.2, 0.25) is 0 Å². The van der Waals surface area contributed by atoms with Crippen LogP contribution in [0.15, 0.2) is 6.20 Å². The van der Waals surface area contributed by atoms with Crippen LogP contribution in [0.3, 0.4) is 0 Å². The van der Waals surface area contributed by atoms with Crippen molar-refractivity contribution in [1.29, 1.82) is 0 Å². The molecule has 0 aliphatic carbocycles. The van der Waals surface area contributed by atoms with Crippen molar-refractivity contribution < 1.29 is 4.79 Å². The molecular formula is C8H12N4O. The van der Waals surface area contributed by atoms with Crippen molar-refractivity contribution >= 4 is 5.91 Å². The van der Waals surface area contributed by atoms with E-state index in [4.69, 9.17) is 0 Å². The largest absolute Gasteiger partial charge is 0.337 e. The van der Waals surface area contributed by atoms with Crippen LogP contribution >= 0.6 is 0 Å². The van der Waals surface area contributed by atoms with E-state index in [2.05, 4.69) is 10.3 Å². The van der Waals surface area contributed by atoms with Gasteiger partial charge >= 0.3 is 0 Å². The third kappa shape index (κ3) is 1.54. The van der Waals surface area contributed by atoms with Gasteiger partial charge in [0.15, 0.2) is 5.69 Å². The molecule has 5 nitrogen and oxygen atoms in total. The predicted molar refractivity (Wildman–Crippen MR) is 46.1 cm³/mol. The van der Waals surface area contributed by atoms with E-state index < -0.39 is 0 Å². The number of hydrogen-bond donors (Lipinski definition) is 0. The number of carbonyl (C=O) groups is 1. The van der Waals surface area contributed by atoms with Crippen molar-refractivity contribution in [2.24, 2.45) is 7.05 Å². The molecule has 2 heterocycles. The Bertz CT molecular complexity index is 314. The third-order valence-corrected chi connectivity index (χ3v) is 2.22. The molecule has 0 unspecified atom stereocenters. The average Bonchev–Trinajstić information content (AvgIpc) is 2.72. The van der Waals surface area contributed by atoms with Crippen LogP contribution in [0.25, 0.3) is 0 Å². The van der Waals surface area contributed by atoms with Crippen molar-refractivity contribution in [2.45, 2.75) is 12.8 Å². The van der Waals surface area contributed by atoms with Crippen LogP contribution in [0.5, 0.6) is 0 Å².